The van der Waals surface area contributed by atoms with Crippen molar-refractivity contribution < 1.29 is 10.2 Å². The summed E-state index contributed by atoms with van der Waals surface area (Å²) in [4.78, 5) is 2.39. The highest BCUT2D eigenvalue weighted by Crippen LogP contribution is 2.31. The van der Waals surface area contributed by atoms with Gasteiger partial charge in [0.05, 0.1) is 0 Å². The molecule has 1 aromatic rings. The number of phenolic OH excluding ortho intramolecular Hbond substituents is 2. The molecule has 0 radical (unpaired) electrons. The van der Waals surface area contributed by atoms with Gasteiger partial charge in [-0.3, -0.25) is 4.90 Å². The fourth-order valence-corrected chi connectivity index (χ4v) is 2.25. The Morgan fingerprint density at radius 3 is 2.38 bits per heavy atom. The normalized spacial score (nSPS) is 17.2. The molecule has 0 atom stereocenters. The summed E-state index contributed by atoms with van der Waals surface area (Å²) in [6.45, 7) is 6.31. The first-order chi connectivity index (χ1) is 7.58. The summed E-state index contributed by atoms with van der Waals surface area (Å²) in [5, 5.41) is 19.0. The molecule has 3 nitrogen and oxygen atoms in total. The highest BCUT2D eigenvalue weighted by atomic mass is 16.3. The molecule has 1 heterocycles. The van der Waals surface area contributed by atoms with Gasteiger partial charge in [-0.2, -0.15) is 0 Å². The summed E-state index contributed by atoms with van der Waals surface area (Å²) >= 11 is 0. The van der Waals surface area contributed by atoms with Gasteiger partial charge in [0.2, 0.25) is 0 Å². The minimum absolute atomic E-state index is 0.00301. The van der Waals surface area contributed by atoms with E-state index in [0.29, 0.717) is 6.04 Å². The molecule has 0 amide bonds. The van der Waals surface area contributed by atoms with E-state index in [9.17, 15) is 10.2 Å². The van der Waals surface area contributed by atoms with Crippen molar-refractivity contribution in [3.05, 3.63) is 23.3 Å². The lowest BCUT2D eigenvalue weighted by atomic mass is 10.0. The van der Waals surface area contributed by atoms with Crippen LogP contribution in [0.25, 0.3) is 0 Å². The first-order valence-corrected chi connectivity index (χ1v) is 5.85. The summed E-state index contributed by atoms with van der Waals surface area (Å²) in [6.07, 6.45) is 2.09. The third-order valence-electron chi connectivity index (χ3n) is 3.29. The maximum atomic E-state index is 9.52. The number of rotatable bonds is 1. The Bertz CT molecular complexity index is 388. The zero-order valence-electron chi connectivity index (χ0n) is 9.90. The number of fused-ring (bicyclic) bond motifs is 1. The van der Waals surface area contributed by atoms with E-state index in [2.05, 4.69) is 18.7 Å². The van der Waals surface area contributed by atoms with E-state index in [-0.39, 0.29) is 11.5 Å². The van der Waals surface area contributed by atoms with Gasteiger partial charge in [0.15, 0.2) is 11.5 Å². The minimum Gasteiger partial charge on any atom is -0.504 e. The average molecular weight is 221 g/mol. The molecular weight excluding hydrogens is 202 g/mol. The Morgan fingerprint density at radius 2 is 1.75 bits per heavy atom. The summed E-state index contributed by atoms with van der Waals surface area (Å²) in [5.74, 6) is -0.0129. The Morgan fingerprint density at radius 1 is 1.12 bits per heavy atom. The molecule has 0 aromatic heterocycles. The maximum absolute atomic E-state index is 9.52. The average Bonchev–Trinajstić information content (AvgIpc) is 2.41. The second kappa shape index (κ2) is 4.34. The molecule has 1 aliphatic heterocycles. The number of phenols is 2. The third-order valence-corrected chi connectivity index (χ3v) is 3.29. The van der Waals surface area contributed by atoms with E-state index in [1.54, 1.807) is 12.1 Å². The van der Waals surface area contributed by atoms with Crippen molar-refractivity contribution in [2.45, 2.75) is 39.3 Å². The molecule has 0 saturated carbocycles. The Kier molecular flexibility index (Phi) is 3.06. The third kappa shape index (κ3) is 2.14. The van der Waals surface area contributed by atoms with Crippen molar-refractivity contribution in [3.63, 3.8) is 0 Å². The number of aromatic hydroxyl groups is 2. The van der Waals surface area contributed by atoms with E-state index < -0.39 is 0 Å². The zero-order valence-corrected chi connectivity index (χ0v) is 9.90. The lowest BCUT2D eigenvalue weighted by Gasteiger charge is -2.24. The topological polar surface area (TPSA) is 43.7 Å². The van der Waals surface area contributed by atoms with Crippen LogP contribution in [0.2, 0.25) is 0 Å². The molecule has 0 fully saturated rings. The molecule has 0 aliphatic carbocycles. The highest BCUT2D eigenvalue weighted by Gasteiger charge is 2.18. The Hall–Kier alpha value is -1.22. The van der Waals surface area contributed by atoms with Gasteiger partial charge < -0.3 is 10.2 Å². The monoisotopic (exact) mass is 221 g/mol. The van der Waals surface area contributed by atoms with Crippen LogP contribution in [0.3, 0.4) is 0 Å². The first-order valence-electron chi connectivity index (χ1n) is 5.85. The van der Waals surface area contributed by atoms with Crippen molar-refractivity contribution in [1.82, 2.24) is 4.90 Å². The predicted molar refractivity (Wildman–Crippen MR) is 63.6 cm³/mol. The molecule has 3 heteroatoms. The predicted octanol–water partition coefficient (Wildman–Crippen LogP) is 2.25. The van der Waals surface area contributed by atoms with E-state index >= 15 is 0 Å². The van der Waals surface area contributed by atoms with Gasteiger partial charge in [-0.15, -0.1) is 0 Å². The molecule has 0 unspecified atom stereocenters. The molecule has 0 spiro atoms. The van der Waals surface area contributed by atoms with Crippen LogP contribution in [0, 0.1) is 0 Å². The van der Waals surface area contributed by atoms with Crippen molar-refractivity contribution in [3.8, 4) is 11.5 Å². The van der Waals surface area contributed by atoms with Gasteiger partial charge in [0.25, 0.3) is 0 Å². The van der Waals surface area contributed by atoms with Crippen LogP contribution >= 0.6 is 0 Å². The van der Waals surface area contributed by atoms with E-state index in [4.69, 9.17) is 0 Å². The molecule has 2 rings (SSSR count). The standard InChI is InChI=1S/C13H19NO2/c1-9(2)14-5-3-4-10-6-12(15)13(16)7-11(10)8-14/h6-7,9,15-16H,3-5,8H2,1-2H3. The van der Waals surface area contributed by atoms with E-state index in [1.165, 1.54) is 5.56 Å². The zero-order chi connectivity index (χ0) is 11.7. The Balaban J connectivity index is 2.33. The number of benzene rings is 1. The van der Waals surface area contributed by atoms with Crippen LogP contribution in [0.4, 0.5) is 0 Å². The van der Waals surface area contributed by atoms with Crippen LogP contribution in [0.15, 0.2) is 12.1 Å². The summed E-state index contributed by atoms with van der Waals surface area (Å²) in [6, 6.07) is 3.92. The lowest BCUT2D eigenvalue weighted by molar-refractivity contribution is 0.216. The number of nitrogens with zero attached hydrogens (tertiary/aromatic N) is 1. The van der Waals surface area contributed by atoms with Crippen molar-refractivity contribution >= 4 is 0 Å². The molecule has 1 aliphatic rings. The van der Waals surface area contributed by atoms with Crippen molar-refractivity contribution in [2.24, 2.45) is 0 Å². The van der Waals surface area contributed by atoms with E-state index in [1.807, 2.05) is 0 Å². The van der Waals surface area contributed by atoms with Crippen LogP contribution in [-0.4, -0.2) is 27.7 Å². The smallest absolute Gasteiger partial charge is 0.157 e. The van der Waals surface area contributed by atoms with Crippen molar-refractivity contribution in [2.75, 3.05) is 6.54 Å². The quantitative estimate of drug-likeness (QED) is 0.715. The highest BCUT2D eigenvalue weighted by molar-refractivity contribution is 5.46. The fourth-order valence-electron chi connectivity index (χ4n) is 2.25. The van der Waals surface area contributed by atoms with Crippen LogP contribution in [-0.2, 0) is 13.0 Å². The van der Waals surface area contributed by atoms with Gasteiger partial charge >= 0.3 is 0 Å². The molecule has 2 N–H and O–H groups in total. The second-order valence-electron chi connectivity index (χ2n) is 4.78. The largest absolute Gasteiger partial charge is 0.504 e. The Labute approximate surface area is 96.3 Å². The minimum atomic E-state index is -0.00986. The molecule has 0 bridgehead atoms. The van der Waals surface area contributed by atoms with Crippen molar-refractivity contribution in [1.29, 1.82) is 0 Å². The first kappa shape index (κ1) is 11.3. The molecular formula is C13H19NO2. The maximum Gasteiger partial charge on any atom is 0.157 e. The SMILES string of the molecule is CC(C)N1CCCc2cc(O)c(O)cc2C1. The van der Waals surface area contributed by atoms with Crippen LogP contribution < -0.4 is 0 Å². The number of aryl methyl sites for hydroxylation is 1. The summed E-state index contributed by atoms with van der Waals surface area (Å²) in [7, 11) is 0. The van der Waals surface area contributed by atoms with Gasteiger partial charge in [0, 0.05) is 12.6 Å². The van der Waals surface area contributed by atoms with Gasteiger partial charge in [-0.1, -0.05) is 0 Å². The fraction of sp³-hybridized carbons (Fsp3) is 0.538. The molecule has 88 valence electrons. The second-order valence-corrected chi connectivity index (χ2v) is 4.78. The molecule has 1 aromatic carbocycles. The van der Waals surface area contributed by atoms with Crippen LogP contribution in [0.1, 0.15) is 31.4 Å². The number of hydrogen-bond acceptors (Lipinski definition) is 3. The molecule has 0 saturated heterocycles. The van der Waals surface area contributed by atoms with Crippen LogP contribution in [0.5, 0.6) is 11.5 Å². The van der Waals surface area contributed by atoms with Gasteiger partial charge in [-0.25, -0.2) is 0 Å². The number of hydrogen-bond donors (Lipinski definition) is 2. The summed E-state index contributed by atoms with van der Waals surface area (Å²) < 4.78 is 0. The van der Waals surface area contributed by atoms with E-state index in [0.717, 1.165) is 31.5 Å². The van der Waals surface area contributed by atoms with Gasteiger partial charge in [0.1, 0.15) is 0 Å². The van der Waals surface area contributed by atoms with Gasteiger partial charge in [-0.05, 0) is 56.5 Å². The lowest BCUT2D eigenvalue weighted by Crippen LogP contribution is -2.30. The summed E-state index contributed by atoms with van der Waals surface area (Å²) in [5.41, 5.74) is 2.31. The molecule has 16 heavy (non-hydrogen) atoms.